The van der Waals surface area contributed by atoms with Crippen molar-refractivity contribution in [2.75, 3.05) is 24.2 Å². The van der Waals surface area contributed by atoms with E-state index in [0.717, 1.165) is 59.0 Å². The lowest BCUT2D eigenvalue weighted by Crippen LogP contribution is -2.54. The van der Waals surface area contributed by atoms with Crippen molar-refractivity contribution < 1.29 is 27.7 Å². The van der Waals surface area contributed by atoms with Crippen molar-refractivity contribution >= 4 is 33.2 Å². The van der Waals surface area contributed by atoms with E-state index in [1.165, 1.54) is 24.1 Å². The lowest BCUT2D eigenvalue weighted by molar-refractivity contribution is -0.384. The first-order chi connectivity index (χ1) is 21.0. The van der Waals surface area contributed by atoms with Gasteiger partial charge in [0.2, 0.25) is 21.8 Å². The van der Waals surface area contributed by atoms with E-state index < -0.39 is 33.4 Å². The number of hydrogen-bond donors (Lipinski definition) is 1. The third-order valence-electron chi connectivity index (χ3n) is 7.77. The van der Waals surface area contributed by atoms with Crippen molar-refractivity contribution in [3.63, 3.8) is 0 Å². The summed E-state index contributed by atoms with van der Waals surface area (Å²) in [7, 11) is -2.84. The summed E-state index contributed by atoms with van der Waals surface area (Å²) in [5.74, 6) is -0.925. The van der Waals surface area contributed by atoms with Crippen molar-refractivity contribution in [1.82, 2.24) is 10.2 Å². The van der Waals surface area contributed by atoms with Gasteiger partial charge in [-0.25, -0.2) is 8.42 Å². The minimum Gasteiger partial charge on any atom is -0.495 e. The number of rotatable bonds is 13. The summed E-state index contributed by atoms with van der Waals surface area (Å²) in [5, 5.41) is 14.7. The number of sulfonamides is 1. The molecular formula is C32H38N4O7S. The van der Waals surface area contributed by atoms with Gasteiger partial charge in [-0.3, -0.25) is 24.0 Å². The van der Waals surface area contributed by atoms with Gasteiger partial charge in [-0.1, -0.05) is 73.0 Å². The van der Waals surface area contributed by atoms with E-state index in [0.29, 0.717) is 0 Å². The lowest BCUT2D eigenvalue weighted by atomic mass is 10.0. The number of nitro benzene ring substituents is 1. The molecule has 0 radical (unpaired) electrons. The fourth-order valence-electron chi connectivity index (χ4n) is 5.39. The van der Waals surface area contributed by atoms with Crippen molar-refractivity contribution in [2.24, 2.45) is 0 Å². The number of carbonyl (C=O) groups is 2. The highest BCUT2D eigenvalue weighted by molar-refractivity contribution is 7.92. The summed E-state index contributed by atoms with van der Waals surface area (Å²) in [6, 6.07) is 19.4. The molecule has 12 heteroatoms. The van der Waals surface area contributed by atoms with Crippen LogP contribution in [0.3, 0.4) is 0 Å². The van der Waals surface area contributed by atoms with Gasteiger partial charge < -0.3 is 15.0 Å². The highest BCUT2D eigenvalue weighted by Crippen LogP contribution is 2.34. The Hall–Kier alpha value is -4.45. The standard InChI is InChI=1S/C32H38N4O7S/c1-23-13-15-25(16-14-23)21-34(29(19-24-9-5-4-6-10-24)32(38)33-26-11-7-8-12-26)31(37)22-35(44(3,41)42)28-20-27(36(39)40)17-18-30(28)43-2/h4-6,9-10,13-18,20,26,29H,7-8,11-12,19,21-22H2,1-3H3,(H,33,38)/t29-/m1/s1. The normalized spacial score (nSPS) is 14.1. The maximum absolute atomic E-state index is 14.3. The monoisotopic (exact) mass is 622 g/mol. The Bertz CT molecular complexity index is 1570. The number of anilines is 1. The first-order valence-electron chi connectivity index (χ1n) is 14.5. The Balaban J connectivity index is 1.77. The zero-order valence-corrected chi connectivity index (χ0v) is 26.0. The molecule has 0 saturated heterocycles. The van der Waals surface area contributed by atoms with Gasteiger partial charge in [0, 0.05) is 31.1 Å². The molecule has 0 bridgehead atoms. The van der Waals surface area contributed by atoms with E-state index in [4.69, 9.17) is 4.74 Å². The highest BCUT2D eigenvalue weighted by Gasteiger charge is 2.35. The molecule has 0 unspecified atom stereocenters. The Morgan fingerprint density at radius 1 is 1.02 bits per heavy atom. The maximum atomic E-state index is 14.3. The molecule has 0 aliphatic heterocycles. The average Bonchev–Trinajstić information content (AvgIpc) is 3.51. The Labute approximate surface area is 258 Å². The summed E-state index contributed by atoms with van der Waals surface area (Å²) in [6.45, 7) is 1.28. The minimum absolute atomic E-state index is 0.00116. The smallest absolute Gasteiger partial charge is 0.271 e. The summed E-state index contributed by atoms with van der Waals surface area (Å²) in [4.78, 5) is 40.5. The van der Waals surface area contributed by atoms with Crippen LogP contribution in [-0.4, -0.2) is 62.0 Å². The largest absolute Gasteiger partial charge is 0.495 e. The number of carbonyl (C=O) groups excluding carboxylic acids is 2. The third-order valence-corrected chi connectivity index (χ3v) is 8.89. The predicted molar refractivity (Wildman–Crippen MR) is 168 cm³/mol. The molecule has 3 aromatic rings. The van der Waals surface area contributed by atoms with Crippen molar-refractivity contribution in [2.45, 2.75) is 57.7 Å². The zero-order valence-electron chi connectivity index (χ0n) is 25.1. The van der Waals surface area contributed by atoms with Crippen LogP contribution in [0, 0.1) is 17.0 Å². The molecule has 0 heterocycles. The molecule has 0 aromatic heterocycles. The number of nitrogens with zero attached hydrogens (tertiary/aromatic N) is 3. The molecule has 234 valence electrons. The maximum Gasteiger partial charge on any atom is 0.271 e. The number of amides is 2. The fraction of sp³-hybridized carbons (Fsp3) is 0.375. The van der Waals surface area contributed by atoms with Gasteiger partial charge in [-0.2, -0.15) is 0 Å². The van der Waals surface area contributed by atoms with Gasteiger partial charge in [0.25, 0.3) is 5.69 Å². The molecule has 11 nitrogen and oxygen atoms in total. The SMILES string of the molecule is COc1ccc([N+](=O)[O-])cc1N(CC(=O)N(Cc1ccc(C)cc1)[C@H](Cc1ccccc1)C(=O)NC1CCCC1)S(C)(=O)=O. The first-order valence-corrected chi connectivity index (χ1v) is 16.3. The van der Waals surface area contributed by atoms with Gasteiger partial charge in [0.1, 0.15) is 24.0 Å². The number of ether oxygens (including phenoxy) is 1. The van der Waals surface area contributed by atoms with Crippen LogP contribution in [0.25, 0.3) is 0 Å². The summed E-state index contributed by atoms with van der Waals surface area (Å²) in [6.07, 6.45) is 4.84. The van der Waals surface area contributed by atoms with Crippen LogP contribution in [0.5, 0.6) is 5.75 Å². The minimum atomic E-state index is -4.14. The number of benzene rings is 3. The first kappa shape index (κ1) is 32.5. The second kappa shape index (κ2) is 14.3. The van der Waals surface area contributed by atoms with Crippen LogP contribution < -0.4 is 14.4 Å². The molecule has 1 N–H and O–H groups in total. The summed E-state index contributed by atoms with van der Waals surface area (Å²) in [5.41, 5.74) is 2.10. The highest BCUT2D eigenvalue weighted by atomic mass is 32.2. The quantitative estimate of drug-likeness (QED) is 0.221. The molecule has 1 aliphatic rings. The van der Waals surface area contributed by atoms with Crippen LogP contribution in [0.2, 0.25) is 0 Å². The van der Waals surface area contributed by atoms with E-state index >= 15 is 0 Å². The van der Waals surface area contributed by atoms with E-state index in [-0.39, 0.29) is 42.0 Å². The molecular weight excluding hydrogens is 584 g/mol. The molecule has 0 spiro atoms. The predicted octanol–water partition coefficient (Wildman–Crippen LogP) is 4.38. The topological polar surface area (TPSA) is 139 Å². The lowest BCUT2D eigenvalue weighted by Gasteiger charge is -2.34. The van der Waals surface area contributed by atoms with E-state index in [1.54, 1.807) is 0 Å². The van der Waals surface area contributed by atoms with Crippen LogP contribution in [0.15, 0.2) is 72.8 Å². The van der Waals surface area contributed by atoms with Crippen LogP contribution in [0.4, 0.5) is 11.4 Å². The average molecular weight is 623 g/mol. The number of nitrogens with one attached hydrogen (secondary N) is 1. The second-order valence-corrected chi connectivity index (χ2v) is 13.0. The third kappa shape index (κ3) is 8.34. The zero-order chi connectivity index (χ0) is 31.9. The van der Waals surface area contributed by atoms with Crippen molar-refractivity contribution in [1.29, 1.82) is 0 Å². The molecule has 1 atom stereocenters. The van der Waals surface area contributed by atoms with Crippen LogP contribution >= 0.6 is 0 Å². The van der Waals surface area contributed by atoms with Gasteiger partial charge in [-0.05, 0) is 37.0 Å². The molecule has 2 amide bonds. The number of non-ortho nitro benzene ring substituents is 1. The summed E-state index contributed by atoms with van der Waals surface area (Å²) < 4.78 is 32.3. The van der Waals surface area contributed by atoms with Gasteiger partial charge in [0.15, 0.2) is 0 Å². The molecule has 1 aliphatic carbocycles. The Morgan fingerprint density at radius 2 is 1.68 bits per heavy atom. The van der Waals surface area contributed by atoms with Crippen LogP contribution in [0.1, 0.15) is 42.4 Å². The molecule has 1 saturated carbocycles. The van der Waals surface area contributed by atoms with Gasteiger partial charge >= 0.3 is 0 Å². The molecule has 44 heavy (non-hydrogen) atoms. The van der Waals surface area contributed by atoms with Crippen LogP contribution in [-0.2, 0) is 32.6 Å². The number of aryl methyl sites for hydroxylation is 1. The Kier molecular flexibility index (Phi) is 10.6. The molecule has 3 aromatic carbocycles. The summed E-state index contributed by atoms with van der Waals surface area (Å²) >= 11 is 0. The number of hydrogen-bond acceptors (Lipinski definition) is 7. The van der Waals surface area contributed by atoms with Crippen molar-refractivity contribution in [3.8, 4) is 5.75 Å². The number of methoxy groups -OCH3 is 1. The molecule has 1 fully saturated rings. The number of nitro groups is 1. The van der Waals surface area contributed by atoms with Crippen molar-refractivity contribution in [3.05, 3.63) is 99.6 Å². The second-order valence-electron chi connectivity index (χ2n) is 11.1. The van der Waals surface area contributed by atoms with E-state index in [2.05, 4.69) is 5.32 Å². The molecule has 4 rings (SSSR count). The van der Waals surface area contributed by atoms with Gasteiger partial charge in [0.05, 0.1) is 18.3 Å². The fourth-order valence-corrected chi connectivity index (χ4v) is 6.24. The van der Waals surface area contributed by atoms with E-state index in [1.807, 2.05) is 61.5 Å². The Morgan fingerprint density at radius 3 is 2.27 bits per heavy atom. The van der Waals surface area contributed by atoms with Gasteiger partial charge in [-0.15, -0.1) is 0 Å². The van der Waals surface area contributed by atoms with E-state index in [9.17, 15) is 28.1 Å².